The smallest absolute Gasteiger partial charge is 0.109 e. The Balaban J connectivity index is 1.79. The molecular weight excluding hydrogens is 244 g/mol. The Labute approximate surface area is 120 Å². The number of ether oxygens (including phenoxy) is 1. The lowest BCUT2D eigenvalue weighted by molar-refractivity contribution is 0.0803. The zero-order chi connectivity index (χ0) is 13.8. The van der Waals surface area contributed by atoms with Gasteiger partial charge in [-0.2, -0.15) is 0 Å². The van der Waals surface area contributed by atoms with Crippen molar-refractivity contribution in [3.63, 3.8) is 0 Å². The first kappa shape index (κ1) is 13.0. The van der Waals surface area contributed by atoms with Crippen LogP contribution in [0.4, 0.5) is 0 Å². The third kappa shape index (κ3) is 2.35. The largest absolute Gasteiger partial charge is 0.369 e. The number of fused-ring (bicyclic) bond motifs is 3. The van der Waals surface area contributed by atoms with Crippen molar-refractivity contribution >= 4 is 0 Å². The van der Waals surface area contributed by atoms with Crippen LogP contribution in [0.25, 0.3) is 11.1 Å². The predicted octanol–water partition coefficient (Wildman–Crippen LogP) is 4.58. The Bertz CT molecular complexity index is 591. The first-order chi connectivity index (χ1) is 9.92. The molecule has 0 amide bonds. The molecule has 0 spiro atoms. The molecule has 1 aliphatic carbocycles. The second-order valence-electron chi connectivity index (χ2n) is 5.09. The van der Waals surface area contributed by atoms with Crippen molar-refractivity contribution in [1.29, 1.82) is 0 Å². The summed E-state index contributed by atoms with van der Waals surface area (Å²) in [7, 11) is 0. The summed E-state index contributed by atoms with van der Waals surface area (Å²) in [6.07, 6.45) is 8.23. The molecule has 0 aliphatic heterocycles. The first-order valence-electron chi connectivity index (χ1n) is 7.15. The molecule has 1 nitrogen and oxygen atoms in total. The maximum atomic E-state index is 6.13. The zero-order valence-corrected chi connectivity index (χ0v) is 11.5. The molecular formula is C19H18O. The van der Waals surface area contributed by atoms with Crippen LogP contribution < -0.4 is 0 Å². The van der Waals surface area contributed by atoms with Crippen LogP contribution in [0.2, 0.25) is 0 Å². The first-order valence-corrected chi connectivity index (χ1v) is 7.15. The summed E-state index contributed by atoms with van der Waals surface area (Å²) in [5, 5.41) is 0. The van der Waals surface area contributed by atoms with Crippen molar-refractivity contribution in [1.82, 2.24) is 0 Å². The lowest BCUT2D eigenvalue weighted by Crippen LogP contribution is -2.04. The number of terminal acetylenes is 1. The summed E-state index contributed by atoms with van der Waals surface area (Å²) in [6.45, 7) is 0.759. The van der Waals surface area contributed by atoms with E-state index in [9.17, 15) is 0 Å². The molecule has 1 aliphatic rings. The van der Waals surface area contributed by atoms with E-state index in [0.29, 0.717) is 0 Å². The highest BCUT2D eigenvalue weighted by atomic mass is 16.5. The van der Waals surface area contributed by atoms with Crippen LogP contribution in [0, 0.1) is 12.3 Å². The Morgan fingerprint density at radius 2 is 1.50 bits per heavy atom. The summed E-state index contributed by atoms with van der Waals surface area (Å²) < 4.78 is 6.13. The summed E-state index contributed by atoms with van der Waals surface area (Å²) in [5.74, 6) is 2.67. The van der Waals surface area contributed by atoms with Crippen LogP contribution in [-0.2, 0) is 4.74 Å². The standard InChI is InChI=1S/C19H18O/c1-2-3-4-9-14-20-19-17-12-7-5-10-15(17)16-11-6-8-13-18(16)19/h1,5-8,10-13,19H,3-4,9,14H2. The molecule has 0 bridgehead atoms. The molecule has 0 radical (unpaired) electrons. The van der Waals surface area contributed by atoms with Crippen LogP contribution in [0.15, 0.2) is 48.5 Å². The molecule has 0 saturated carbocycles. The van der Waals surface area contributed by atoms with E-state index in [1.807, 2.05) is 0 Å². The van der Waals surface area contributed by atoms with Crippen molar-refractivity contribution in [2.75, 3.05) is 6.61 Å². The molecule has 2 aromatic carbocycles. The SMILES string of the molecule is C#CCCCCOC1c2ccccc2-c2ccccc21. The number of hydrogen-bond acceptors (Lipinski definition) is 1. The van der Waals surface area contributed by atoms with Gasteiger partial charge in [0.2, 0.25) is 0 Å². The highest BCUT2D eigenvalue weighted by Gasteiger charge is 2.28. The number of rotatable bonds is 5. The minimum Gasteiger partial charge on any atom is -0.369 e. The van der Waals surface area contributed by atoms with E-state index < -0.39 is 0 Å². The van der Waals surface area contributed by atoms with Gasteiger partial charge in [-0.05, 0) is 35.1 Å². The lowest BCUT2D eigenvalue weighted by Gasteiger charge is -2.14. The molecule has 0 aromatic heterocycles. The minimum atomic E-state index is 0.0771. The number of unbranched alkanes of at least 4 members (excludes halogenated alkanes) is 2. The van der Waals surface area contributed by atoms with Crippen molar-refractivity contribution in [2.45, 2.75) is 25.4 Å². The summed E-state index contributed by atoms with van der Waals surface area (Å²) in [4.78, 5) is 0. The molecule has 0 heterocycles. The van der Waals surface area contributed by atoms with E-state index in [1.165, 1.54) is 22.3 Å². The van der Waals surface area contributed by atoms with Gasteiger partial charge >= 0.3 is 0 Å². The molecule has 1 heteroatoms. The monoisotopic (exact) mass is 262 g/mol. The van der Waals surface area contributed by atoms with Crippen LogP contribution in [0.5, 0.6) is 0 Å². The molecule has 0 fully saturated rings. The van der Waals surface area contributed by atoms with E-state index in [2.05, 4.69) is 54.5 Å². The van der Waals surface area contributed by atoms with Gasteiger partial charge in [-0.3, -0.25) is 0 Å². The van der Waals surface area contributed by atoms with Crippen LogP contribution in [0.3, 0.4) is 0 Å². The van der Waals surface area contributed by atoms with E-state index in [1.54, 1.807) is 0 Å². The van der Waals surface area contributed by atoms with Gasteiger partial charge in [0, 0.05) is 13.0 Å². The quantitative estimate of drug-likeness (QED) is 0.566. The van der Waals surface area contributed by atoms with Crippen molar-refractivity contribution in [3.05, 3.63) is 59.7 Å². The van der Waals surface area contributed by atoms with E-state index in [-0.39, 0.29) is 6.10 Å². The topological polar surface area (TPSA) is 9.23 Å². The maximum Gasteiger partial charge on any atom is 0.109 e. The van der Waals surface area contributed by atoms with Gasteiger partial charge in [-0.15, -0.1) is 12.3 Å². The minimum absolute atomic E-state index is 0.0771. The molecule has 20 heavy (non-hydrogen) atoms. The van der Waals surface area contributed by atoms with Gasteiger partial charge in [-0.25, -0.2) is 0 Å². The number of benzene rings is 2. The predicted molar refractivity (Wildman–Crippen MR) is 82.4 cm³/mol. The van der Waals surface area contributed by atoms with Gasteiger partial charge in [-0.1, -0.05) is 48.5 Å². The molecule has 0 atom stereocenters. The van der Waals surface area contributed by atoms with Crippen LogP contribution >= 0.6 is 0 Å². The lowest BCUT2D eigenvalue weighted by atomic mass is 10.1. The fourth-order valence-electron chi connectivity index (χ4n) is 2.82. The molecule has 3 rings (SSSR count). The third-order valence-electron chi connectivity index (χ3n) is 3.78. The normalized spacial score (nSPS) is 12.8. The Kier molecular flexibility index (Phi) is 3.85. The average molecular weight is 262 g/mol. The van der Waals surface area contributed by atoms with Crippen LogP contribution in [-0.4, -0.2) is 6.61 Å². The Hall–Kier alpha value is -2.04. The summed E-state index contributed by atoms with van der Waals surface area (Å²) in [6, 6.07) is 17.0. The van der Waals surface area contributed by atoms with Crippen LogP contribution in [0.1, 0.15) is 36.5 Å². The average Bonchev–Trinajstić information content (AvgIpc) is 2.82. The highest BCUT2D eigenvalue weighted by molar-refractivity contribution is 5.77. The molecule has 0 unspecified atom stereocenters. The van der Waals surface area contributed by atoms with Gasteiger partial charge in [0.15, 0.2) is 0 Å². The fourth-order valence-corrected chi connectivity index (χ4v) is 2.82. The molecule has 0 saturated heterocycles. The Morgan fingerprint density at radius 3 is 2.10 bits per heavy atom. The van der Waals surface area contributed by atoms with Gasteiger partial charge in [0.05, 0.1) is 0 Å². The van der Waals surface area contributed by atoms with Gasteiger partial charge < -0.3 is 4.74 Å². The van der Waals surface area contributed by atoms with Gasteiger partial charge in [0.25, 0.3) is 0 Å². The molecule has 100 valence electrons. The second-order valence-corrected chi connectivity index (χ2v) is 5.09. The van der Waals surface area contributed by atoms with Crippen molar-refractivity contribution in [3.8, 4) is 23.5 Å². The van der Waals surface area contributed by atoms with Gasteiger partial charge in [0.1, 0.15) is 6.10 Å². The molecule has 0 N–H and O–H groups in total. The van der Waals surface area contributed by atoms with Crippen molar-refractivity contribution in [2.24, 2.45) is 0 Å². The third-order valence-corrected chi connectivity index (χ3v) is 3.78. The summed E-state index contributed by atoms with van der Waals surface area (Å²) in [5.41, 5.74) is 5.17. The highest BCUT2D eigenvalue weighted by Crippen LogP contribution is 2.44. The number of hydrogen-bond donors (Lipinski definition) is 0. The van der Waals surface area contributed by atoms with E-state index in [4.69, 9.17) is 11.2 Å². The Morgan fingerprint density at radius 1 is 0.900 bits per heavy atom. The second kappa shape index (κ2) is 5.94. The zero-order valence-electron chi connectivity index (χ0n) is 11.5. The summed E-state index contributed by atoms with van der Waals surface area (Å²) >= 11 is 0. The maximum absolute atomic E-state index is 6.13. The van der Waals surface area contributed by atoms with Crippen molar-refractivity contribution < 1.29 is 4.74 Å². The molecule has 2 aromatic rings. The fraction of sp³-hybridized carbons (Fsp3) is 0.263. The van der Waals surface area contributed by atoms with E-state index >= 15 is 0 Å². The van der Waals surface area contributed by atoms with E-state index in [0.717, 1.165) is 25.9 Å².